The standard InChI is InChI=1S/C13H21N3O5/c1-16-7-8(2-5-11(16)17)15-13(20)14-6-9-3-4-10(21-9)12(18)19/h8-10H,2-7H2,1H3,(H,18,19)(H2,14,15,20). The number of aliphatic carboxylic acids is 1. The average molecular weight is 299 g/mol. The summed E-state index contributed by atoms with van der Waals surface area (Å²) in [5.74, 6) is -0.871. The fourth-order valence-electron chi connectivity index (χ4n) is 2.61. The molecule has 3 amide bonds. The maximum absolute atomic E-state index is 11.8. The van der Waals surface area contributed by atoms with Gasteiger partial charge in [-0.2, -0.15) is 0 Å². The van der Waals surface area contributed by atoms with Gasteiger partial charge in [0.1, 0.15) is 0 Å². The van der Waals surface area contributed by atoms with E-state index in [1.807, 2.05) is 0 Å². The van der Waals surface area contributed by atoms with Crippen molar-refractivity contribution >= 4 is 17.9 Å². The van der Waals surface area contributed by atoms with Crippen molar-refractivity contribution in [3.63, 3.8) is 0 Å². The van der Waals surface area contributed by atoms with Gasteiger partial charge in [0.2, 0.25) is 5.91 Å². The van der Waals surface area contributed by atoms with Crippen LogP contribution in [0.1, 0.15) is 25.7 Å². The number of likely N-dealkylation sites (N-methyl/N-ethyl adjacent to an activating group) is 1. The first-order chi connectivity index (χ1) is 9.95. The number of rotatable bonds is 4. The Kier molecular flexibility index (Phi) is 5.00. The highest BCUT2D eigenvalue weighted by Crippen LogP contribution is 2.19. The summed E-state index contributed by atoms with van der Waals surface area (Å²) >= 11 is 0. The Labute approximate surface area is 122 Å². The van der Waals surface area contributed by atoms with Crippen LogP contribution in [0.2, 0.25) is 0 Å². The number of ether oxygens (including phenoxy) is 1. The highest BCUT2D eigenvalue weighted by atomic mass is 16.5. The van der Waals surface area contributed by atoms with Crippen LogP contribution in [0.5, 0.6) is 0 Å². The lowest BCUT2D eigenvalue weighted by Gasteiger charge is -2.30. The van der Waals surface area contributed by atoms with E-state index in [0.29, 0.717) is 32.2 Å². The summed E-state index contributed by atoms with van der Waals surface area (Å²) in [5.41, 5.74) is 0. The first-order valence-electron chi connectivity index (χ1n) is 7.12. The summed E-state index contributed by atoms with van der Waals surface area (Å²) in [6.07, 6.45) is 1.15. The van der Waals surface area contributed by atoms with Gasteiger partial charge >= 0.3 is 12.0 Å². The summed E-state index contributed by atoms with van der Waals surface area (Å²) in [6.45, 7) is 0.796. The molecule has 3 atom stereocenters. The lowest BCUT2D eigenvalue weighted by Crippen LogP contribution is -2.51. The third-order valence-corrected chi connectivity index (χ3v) is 3.84. The number of carboxylic acids is 1. The lowest BCUT2D eigenvalue weighted by molar-refractivity contribution is -0.149. The molecule has 0 aliphatic carbocycles. The van der Waals surface area contributed by atoms with E-state index in [1.54, 1.807) is 11.9 Å². The van der Waals surface area contributed by atoms with E-state index in [4.69, 9.17) is 9.84 Å². The van der Waals surface area contributed by atoms with Crippen LogP contribution >= 0.6 is 0 Å². The topological polar surface area (TPSA) is 108 Å². The Morgan fingerprint density at radius 1 is 1.38 bits per heavy atom. The molecule has 2 saturated heterocycles. The fraction of sp³-hybridized carbons (Fsp3) is 0.769. The zero-order valence-electron chi connectivity index (χ0n) is 12.0. The molecule has 0 aromatic rings. The van der Waals surface area contributed by atoms with Gasteiger partial charge in [-0.05, 0) is 19.3 Å². The number of piperidine rings is 1. The Morgan fingerprint density at radius 2 is 2.14 bits per heavy atom. The number of nitrogens with one attached hydrogen (secondary N) is 2. The highest BCUT2D eigenvalue weighted by Gasteiger charge is 2.30. The lowest BCUT2D eigenvalue weighted by atomic mass is 10.1. The fourth-order valence-corrected chi connectivity index (χ4v) is 2.61. The summed E-state index contributed by atoms with van der Waals surface area (Å²) < 4.78 is 5.30. The van der Waals surface area contributed by atoms with Gasteiger partial charge in [-0.1, -0.05) is 0 Å². The van der Waals surface area contributed by atoms with Crippen LogP contribution in [-0.4, -0.2) is 66.3 Å². The van der Waals surface area contributed by atoms with Crippen LogP contribution in [0.25, 0.3) is 0 Å². The molecule has 0 aromatic carbocycles. The zero-order valence-corrected chi connectivity index (χ0v) is 12.0. The molecule has 0 bridgehead atoms. The smallest absolute Gasteiger partial charge is 0.332 e. The summed E-state index contributed by atoms with van der Waals surface area (Å²) in [6, 6.07) is -0.367. The van der Waals surface area contributed by atoms with E-state index in [-0.39, 0.29) is 30.6 Å². The van der Waals surface area contributed by atoms with E-state index >= 15 is 0 Å². The van der Waals surface area contributed by atoms with Crippen molar-refractivity contribution < 1.29 is 24.2 Å². The molecule has 8 nitrogen and oxygen atoms in total. The maximum Gasteiger partial charge on any atom is 0.332 e. The van der Waals surface area contributed by atoms with Crippen LogP contribution in [0.15, 0.2) is 0 Å². The Balaban J connectivity index is 1.66. The molecule has 0 aromatic heterocycles. The predicted molar refractivity (Wildman–Crippen MR) is 72.7 cm³/mol. The minimum absolute atomic E-state index is 0.0519. The van der Waals surface area contributed by atoms with E-state index in [9.17, 15) is 14.4 Å². The van der Waals surface area contributed by atoms with Gasteiger partial charge in [0.05, 0.1) is 6.10 Å². The van der Waals surface area contributed by atoms with E-state index < -0.39 is 12.1 Å². The Bertz CT molecular complexity index is 428. The van der Waals surface area contributed by atoms with Crippen molar-refractivity contribution in [1.82, 2.24) is 15.5 Å². The minimum atomic E-state index is -0.961. The van der Waals surface area contributed by atoms with Crippen LogP contribution < -0.4 is 10.6 Å². The van der Waals surface area contributed by atoms with Crippen molar-refractivity contribution in [3.05, 3.63) is 0 Å². The molecule has 2 fully saturated rings. The van der Waals surface area contributed by atoms with E-state index in [2.05, 4.69) is 10.6 Å². The third-order valence-electron chi connectivity index (χ3n) is 3.84. The van der Waals surface area contributed by atoms with Crippen LogP contribution in [-0.2, 0) is 14.3 Å². The number of hydrogen-bond donors (Lipinski definition) is 3. The van der Waals surface area contributed by atoms with Crippen molar-refractivity contribution in [2.45, 2.75) is 43.9 Å². The number of carbonyl (C=O) groups excluding carboxylic acids is 2. The molecule has 8 heteroatoms. The molecule has 21 heavy (non-hydrogen) atoms. The molecular formula is C13H21N3O5. The summed E-state index contributed by atoms with van der Waals surface area (Å²) in [7, 11) is 1.71. The molecule has 3 unspecified atom stereocenters. The van der Waals surface area contributed by atoms with Crippen molar-refractivity contribution in [3.8, 4) is 0 Å². The summed E-state index contributed by atoms with van der Waals surface area (Å²) in [4.78, 5) is 35.5. The van der Waals surface area contributed by atoms with E-state index in [1.165, 1.54) is 0 Å². The molecule has 0 spiro atoms. The SMILES string of the molecule is CN1CC(NC(=O)NCC2CCC(C(=O)O)O2)CCC1=O. The van der Waals surface area contributed by atoms with Crippen molar-refractivity contribution in [2.24, 2.45) is 0 Å². The quantitative estimate of drug-likeness (QED) is 0.651. The predicted octanol–water partition coefficient (Wildman–Crippen LogP) is -0.461. The van der Waals surface area contributed by atoms with Gasteiger partial charge in [-0.25, -0.2) is 9.59 Å². The molecule has 2 aliphatic rings. The van der Waals surface area contributed by atoms with Crippen LogP contribution in [0.3, 0.4) is 0 Å². The first kappa shape index (κ1) is 15.6. The second kappa shape index (κ2) is 6.75. The average Bonchev–Trinajstić information content (AvgIpc) is 2.90. The Morgan fingerprint density at radius 3 is 2.76 bits per heavy atom. The molecule has 2 rings (SSSR count). The van der Waals surface area contributed by atoms with Crippen molar-refractivity contribution in [1.29, 1.82) is 0 Å². The largest absolute Gasteiger partial charge is 0.479 e. The van der Waals surface area contributed by atoms with Gasteiger partial charge in [0, 0.05) is 32.6 Å². The molecule has 0 saturated carbocycles. The first-order valence-corrected chi connectivity index (χ1v) is 7.12. The molecule has 118 valence electrons. The van der Waals surface area contributed by atoms with Gasteiger partial charge in [0.25, 0.3) is 0 Å². The zero-order chi connectivity index (χ0) is 15.4. The molecule has 0 radical (unpaired) electrons. The number of hydrogen-bond acceptors (Lipinski definition) is 4. The van der Waals surface area contributed by atoms with Gasteiger partial charge in [-0.3, -0.25) is 4.79 Å². The number of nitrogens with zero attached hydrogens (tertiary/aromatic N) is 1. The molecule has 3 N–H and O–H groups in total. The maximum atomic E-state index is 11.8. The third kappa shape index (κ3) is 4.32. The molecule has 2 aliphatic heterocycles. The number of carboxylic acid groups (broad SMARTS) is 1. The van der Waals surface area contributed by atoms with E-state index in [0.717, 1.165) is 0 Å². The second-order valence-corrected chi connectivity index (χ2v) is 5.53. The van der Waals surface area contributed by atoms with Crippen molar-refractivity contribution in [2.75, 3.05) is 20.1 Å². The molecular weight excluding hydrogens is 278 g/mol. The normalized spacial score (nSPS) is 29.3. The Hall–Kier alpha value is -1.83. The van der Waals surface area contributed by atoms with Gasteiger partial charge < -0.3 is 25.4 Å². The number of urea groups is 1. The van der Waals surface area contributed by atoms with Gasteiger partial charge in [0.15, 0.2) is 6.10 Å². The van der Waals surface area contributed by atoms with Gasteiger partial charge in [-0.15, -0.1) is 0 Å². The van der Waals surface area contributed by atoms with Crippen LogP contribution in [0.4, 0.5) is 4.79 Å². The van der Waals surface area contributed by atoms with Crippen LogP contribution in [0, 0.1) is 0 Å². The second-order valence-electron chi connectivity index (χ2n) is 5.53. The highest BCUT2D eigenvalue weighted by molar-refractivity contribution is 5.78. The summed E-state index contributed by atoms with van der Waals surface area (Å²) in [5, 5.41) is 14.3. The minimum Gasteiger partial charge on any atom is -0.479 e. The number of amides is 3. The number of likely N-dealkylation sites (tertiary alicyclic amines) is 1. The molecule has 2 heterocycles. The monoisotopic (exact) mass is 299 g/mol. The number of carbonyl (C=O) groups is 3.